The number of rotatable bonds is 7. The number of hydrogen-bond donors (Lipinski definition) is 1. The van der Waals surface area contributed by atoms with Crippen LogP contribution in [0.2, 0.25) is 0 Å². The van der Waals surface area contributed by atoms with Gasteiger partial charge in [-0.1, -0.05) is 30.3 Å². The molecule has 5 rings (SSSR count). The van der Waals surface area contributed by atoms with Crippen molar-refractivity contribution in [3.05, 3.63) is 35.9 Å². The smallest absolute Gasteiger partial charge is 0.245 e. The van der Waals surface area contributed by atoms with Crippen LogP contribution >= 0.6 is 0 Å². The SMILES string of the molecule is O=C(C1CC(N(CCc2ccccc2)C(=O)C2CC2)CN1C(=O)C1CC1)N1CCNCC1. The maximum atomic E-state index is 13.4. The molecule has 1 aromatic rings. The van der Waals surface area contributed by atoms with E-state index in [-0.39, 0.29) is 35.6 Å². The summed E-state index contributed by atoms with van der Waals surface area (Å²) in [6, 6.07) is 9.72. The van der Waals surface area contributed by atoms with Crippen LogP contribution in [0.4, 0.5) is 0 Å². The molecule has 0 radical (unpaired) electrons. The molecule has 0 bridgehead atoms. The molecule has 4 aliphatic rings. The Bertz CT molecular complexity index is 846. The molecule has 4 fully saturated rings. The van der Waals surface area contributed by atoms with E-state index in [1.807, 2.05) is 32.9 Å². The number of hydrogen-bond acceptors (Lipinski definition) is 4. The fourth-order valence-corrected chi connectivity index (χ4v) is 5.11. The molecule has 2 aliphatic carbocycles. The van der Waals surface area contributed by atoms with Crippen molar-refractivity contribution >= 4 is 17.7 Å². The van der Waals surface area contributed by atoms with Crippen LogP contribution in [0.1, 0.15) is 37.7 Å². The van der Waals surface area contributed by atoms with E-state index in [1.54, 1.807) is 0 Å². The summed E-state index contributed by atoms with van der Waals surface area (Å²) in [7, 11) is 0. The van der Waals surface area contributed by atoms with Crippen molar-refractivity contribution in [2.24, 2.45) is 11.8 Å². The molecular weight excluding hydrogens is 404 g/mol. The largest absolute Gasteiger partial charge is 0.338 e. The minimum absolute atomic E-state index is 0.0601. The molecule has 0 spiro atoms. The third-order valence-corrected chi connectivity index (χ3v) is 7.34. The number of likely N-dealkylation sites (tertiary alicyclic amines) is 1. The lowest BCUT2D eigenvalue weighted by Gasteiger charge is -2.32. The Morgan fingerprint density at radius 1 is 0.938 bits per heavy atom. The molecule has 2 heterocycles. The maximum absolute atomic E-state index is 13.4. The molecular formula is C25H34N4O3. The van der Waals surface area contributed by atoms with Gasteiger partial charge < -0.3 is 20.0 Å². The molecule has 32 heavy (non-hydrogen) atoms. The van der Waals surface area contributed by atoms with Crippen molar-refractivity contribution in [2.45, 2.75) is 50.6 Å². The normalized spacial score (nSPS) is 25.6. The summed E-state index contributed by atoms with van der Waals surface area (Å²) in [6.07, 6.45) is 5.13. The number of carbonyl (C=O) groups is 3. The number of benzene rings is 1. The number of piperazine rings is 1. The molecule has 3 amide bonds. The Balaban J connectivity index is 1.34. The maximum Gasteiger partial charge on any atom is 0.245 e. The summed E-state index contributed by atoms with van der Waals surface area (Å²) < 4.78 is 0. The molecule has 1 aromatic carbocycles. The number of nitrogens with zero attached hydrogens (tertiary/aromatic N) is 3. The number of carbonyl (C=O) groups excluding carboxylic acids is 3. The standard InChI is InChI=1S/C25H34N4O3/c30-23(19-6-7-19)28(13-10-18-4-2-1-3-5-18)21-16-22(25(32)27-14-11-26-12-15-27)29(17-21)24(31)20-8-9-20/h1-5,19-22,26H,6-17H2. The van der Waals surface area contributed by atoms with Gasteiger partial charge >= 0.3 is 0 Å². The first kappa shape index (κ1) is 21.4. The van der Waals surface area contributed by atoms with Crippen LogP contribution in [-0.4, -0.2) is 83.8 Å². The molecule has 7 heteroatoms. The highest BCUT2D eigenvalue weighted by Crippen LogP contribution is 2.37. The summed E-state index contributed by atoms with van der Waals surface area (Å²) in [6.45, 7) is 4.09. The van der Waals surface area contributed by atoms with Gasteiger partial charge in [-0.2, -0.15) is 0 Å². The lowest BCUT2D eigenvalue weighted by Crippen LogP contribution is -2.53. The molecule has 172 valence electrons. The van der Waals surface area contributed by atoms with Gasteiger partial charge in [0.1, 0.15) is 6.04 Å². The van der Waals surface area contributed by atoms with Crippen LogP contribution in [0, 0.1) is 11.8 Å². The zero-order valence-corrected chi connectivity index (χ0v) is 18.7. The number of amides is 3. The second-order valence-electron chi connectivity index (χ2n) is 9.79. The van der Waals surface area contributed by atoms with Gasteiger partial charge in [-0.05, 0) is 44.1 Å². The molecule has 2 saturated carbocycles. The average molecular weight is 439 g/mol. The van der Waals surface area contributed by atoms with Gasteiger partial charge in [0.25, 0.3) is 0 Å². The predicted octanol–water partition coefficient (Wildman–Crippen LogP) is 1.28. The monoisotopic (exact) mass is 438 g/mol. The van der Waals surface area contributed by atoms with Gasteiger partial charge in [0, 0.05) is 51.1 Å². The molecule has 2 atom stereocenters. The van der Waals surface area contributed by atoms with Crippen molar-refractivity contribution in [2.75, 3.05) is 39.3 Å². The predicted molar refractivity (Wildman–Crippen MR) is 121 cm³/mol. The lowest BCUT2D eigenvalue weighted by atomic mass is 10.1. The van der Waals surface area contributed by atoms with E-state index in [9.17, 15) is 14.4 Å². The Morgan fingerprint density at radius 3 is 2.28 bits per heavy atom. The molecule has 7 nitrogen and oxygen atoms in total. The van der Waals surface area contributed by atoms with Crippen molar-refractivity contribution in [1.82, 2.24) is 20.0 Å². The number of nitrogens with one attached hydrogen (secondary N) is 1. The Hall–Kier alpha value is -2.41. The first-order chi connectivity index (χ1) is 15.6. The van der Waals surface area contributed by atoms with Gasteiger partial charge in [-0.15, -0.1) is 0 Å². The quantitative estimate of drug-likeness (QED) is 0.696. The third-order valence-electron chi connectivity index (χ3n) is 7.34. The van der Waals surface area contributed by atoms with E-state index in [4.69, 9.17) is 0 Å². The topological polar surface area (TPSA) is 73.0 Å². The van der Waals surface area contributed by atoms with Crippen molar-refractivity contribution in [3.8, 4) is 0 Å². The lowest BCUT2D eigenvalue weighted by molar-refractivity contribution is -0.144. The van der Waals surface area contributed by atoms with Gasteiger partial charge in [0.15, 0.2) is 0 Å². The van der Waals surface area contributed by atoms with Crippen LogP contribution in [0.25, 0.3) is 0 Å². The van der Waals surface area contributed by atoms with Crippen LogP contribution < -0.4 is 5.32 Å². The van der Waals surface area contributed by atoms with E-state index >= 15 is 0 Å². The zero-order chi connectivity index (χ0) is 22.1. The van der Waals surface area contributed by atoms with E-state index < -0.39 is 6.04 Å². The highest BCUT2D eigenvalue weighted by atomic mass is 16.2. The molecule has 2 aliphatic heterocycles. The van der Waals surface area contributed by atoms with Gasteiger partial charge in [0.2, 0.25) is 17.7 Å². The van der Waals surface area contributed by atoms with Crippen LogP contribution in [-0.2, 0) is 20.8 Å². The molecule has 1 N–H and O–H groups in total. The molecule has 0 aromatic heterocycles. The van der Waals surface area contributed by atoms with Crippen LogP contribution in [0.3, 0.4) is 0 Å². The van der Waals surface area contributed by atoms with E-state index in [1.165, 1.54) is 5.56 Å². The van der Waals surface area contributed by atoms with E-state index in [0.717, 1.165) is 45.2 Å². The molecule has 2 unspecified atom stereocenters. The fraction of sp³-hybridized carbons (Fsp3) is 0.640. The average Bonchev–Trinajstić information content (AvgIpc) is 3.76. The first-order valence-electron chi connectivity index (χ1n) is 12.3. The summed E-state index contributed by atoms with van der Waals surface area (Å²) in [5.41, 5.74) is 1.21. The fourth-order valence-electron chi connectivity index (χ4n) is 5.11. The first-order valence-corrected chi connectivity index (χ1v) is 12.3. The minimum atomic E-state index is -0.433. The van der Waals surface area contributed by atoms with Crippen LogP contribution in [0.5, 0.6) is 0 Å². The Morgan fingerprint density at radius 2 is 1.62 bits per heavy atom. The van der Waals surface area contributed by atoms with E-state index in [0.29, 0.717) is 32.6 Å². The second kappa shape index (κ2) is 9.22. The Kier molecular flexibility index (Phi) is 6.17. The highest BCUT2D eigenvalue weighted by Gasteiger charge is 2.48. The summed E-state index contributed by atoms with van der Waals surface area (Å²) in [5.74, 6) is 0.582. The minimum Gasteiger partial charge on any atom is -0.338 e. The summed E-state index contributed by atoms with van der Waals surface area (Å²) in [5, 5.41) is 3.29. The van der Waals surface area contributed by atoms with Crippen LogP contribution in [0.15, 0.2) is 30.3 Å². The molecule has 2 saturated heterocycles. The van der Waals surface area contributed by atoms with Crippen molar-refractivity contribution in [1.29, 1.82) is 0 Å². The van der Waals surface area contributed by atoms with Gasteiger partial charge in [-0.25, -0.2) is 0 Å². The van der Waals surface area contributed by atoms with E-state index in [2.05, 4.69) is 17.4 Å². The third kappa shape index (κ3) is 4.68. The highest BCUT2D eigenvalue weighted by molar-refractivity contribution is 5.90. The Labute approximate surface area is 190 Å². The van der Waals surface area contributed by atoms with Crippen molar-refractivity contribution in [3.63, 3.8) is 0 Å². The second-order valence-corrected chi connectivity index (χ2v) is 9.79. The summed E-state index contributed by atoms with van der Waals surface area (Å²) >= 11 is 0. The van der Waals surface area contributed by atoms with Gasteiger partial charge in [0.05, 0.1) is 6.04 Å². The van der Waals surface area contributed by atoms with Crippen molar-refractivity contribution < 1.29 is 14.4 Å². The van der Waals surface area contributed by atoms with Gasteiger partial charge in [-0.3, -0.25) is 14.4 Å². The summed E-state index contributed by atoms with van der Waals surface area (Å²) in [4.78, 5) is 45.5. The zero-order valence-electron chi connectivity index (χ0n) is 18.7.